The standard InChI is InChI=1S/C17H18IN7O5S2/c1-8(26)25(23-4-3-10(27)9(18)5-23)11-14(28)24-6-17(16(29)30,7-32-15(11)24)12(31)13-19-20-21-22(13)2/h3-5,11-12,15,31H,6-7H2,1-2H3,(H,29,30)/t11?,12?,15-,17?/m1/s1. The Balaban J connectivity index is 1.63. The molecule has 32 heavy (non-hydrogen) atoms. The lowest BCUT2D eigenvalue weighted by atomic mass is 9.83. The van der Waals surface area contributed by atoms with Gasteiger partial charge in [-0.15, -0.1) is 16.9 Å². The number of carboxylic acid groups (broad SMARTS) is 1. The lowest BCUT2D eigenvalue weighted by Crippen LogP contribution is -2.76. The van der Waals surface area contributed by atoms with Crippen molar-refractivity contribution >= 4 is 64.8 Å². The number of pyridine rings is 1. The molecule has 2 fully saturated rings. The third kappa shape index (κ3) is 3.49. The first-order chi connectivity index (χ1) is 15.1. The zero-order valence-electron chi connectivity index (χ0n) is 16.8. The minimum atomic E-state index is -1.42. The zero-order chi connectivity index (χ0) is 23.4. The van der Waals surface area contributed by atoms with Crippen LogP contribution in [0, 0.1) is 8.99 Å². The fourth-order valence-corrected chi connectivity index (χ4v) is 6.59. The number of carboxylic acids is 1. The Morgan fingerprint density at radius 2 is 2.16 bits per heavy atom. The van der Waals surface area contributed by atoms with Crippen molar-refractivity contribution in [2.75, 3.05) is 17.3 Å². The van der Waals surface area contributed by atoms with Crippen LogP contribution >= 0.6 is 47.0 Å². The maximum absolute atomic E-state index is 13.1. The van der Waals surface area contributed by atoms with Crippen LogP contribution in [-0.4, -0.2) is 76.4 Å². The van der Waals surface area contributed by atoms with Gasteiger partial charge in [0.1, 0.15) is 10.8 Å². The Morgan fingerprint density at radius 3 is 2.72 bits per heavy atom. The number of halogens is 1. The van der Waals surface area contributed by atoms with E-state index in [-0.39, 0.29) is 35.4 Å². The van der Waals surface area contributed by atoms with Crippen molar-refractivity contribution in [2.45, 2.75) is 23.6 Å². The van der Waals surface area contributed by atoms with Gasteiger partial charge in [0.05, 0.1) is 8.82 Å². The highest BCUT2D eigenvalue weighted by Gasteiger charge is 2.62. The summed E-state index contributed by atoms with van der Waals surface area (Å²) in [7, 11) is 1.59. The van der Waals surface area contributed by atoms with Gasteiger partial charge in [-0.05, 0) is 33.0 Å². The minimum absolute atomic E-state index is 0.0934. The zero-order valence-corrected chi connectivity index (χ0v) is 20.7. The Morgan fingerprint density at radius 1 is 1.44 bits per heavy atom. The van der Waals surface area contributed by atoms with E-state index in [2.05, 4.69) is 28.2 Å². The molecule has 2 aromatic rings. The lowest BCUT2D eigenvalue weighted by molar-refractivity contribution is -0.158. The third-order valence-corrected chi connectivity index (χ3v) is 8.69. The van der Waals surface area contributed by atoms with Crippen LogP contribution in [0.2, 0.25) is 0 Å². The number of fused-ring (bicyclic) bond motifs is 1. The second-order valence-electron chi connectivity index (χ2n) is 7.54. The van der Waals surface area contributed by atoms with E-state index in [0.29, 0.717) is 3.57 Å². The van der Waals surface area contributed by atoms with Crippen LogP contribution in [0.3, 0.4) is 0 Å². The number of thioether (sulfide) groups is 1. The Bertz CT molecular complexity index is 1170. The molecule has 2 aliphatic rings. The summed E-state index contributed by atoms with van der Waals surface area (Å²) in [6.07, 6.45) is 2.92. The number of aromatic nitrogens is 5. The van der Waals surface area contributed by atoms with Crippen LogP contribution in [0.5, 0.6) is 0 Å². The molecule has 15 heteroatoms. The molecule has 0 radical (unpaired) electrons. The number of hydrogen-bond donors (Lipinski definition) is 2. The largest absolute Gasteiger partial charge is 0.481 e. The van der Waals surface area contributed by atoms with Crippen LogP contribution in [0.1, 0.15) is 18.0 Å². The highest BCUT2D eigenvalue weighted by molar-refractivity contribution is 14.1. The van der Waals surface area contributed by atoms with Gasteiger partial charge in [0.2, 0.25) is 5.91 Å². The van der Waals surface area contributed by atoms with Crippen LogP contribution in [-0.2, 0) is 21.4 Å². The van der Waals surface area contributed by atoms with Crippen LogP contribution in [0.25, 0.3) is 0 Å². The summed E-state index contributed by atoms with van der Waals surface area (Å²) < 4.78 is 3.18. The summed E-state index contributed by atoms with van der Waals surface area (Å²) >= 11 is 7.66. The predicted molar refractivity (Wildman–Crippen MR) is 125 cm³/mol. The molecule has 0 spiro atoms. The topological polar surface area (TPSA) is 144 Å². The molecule has 0 aromatic carbocycles. The Labute approximate surface area is 204 Å². The summed E-state index contributed by atoms with van der Waals surface area (Å²) in [5.74, 6) is -1.45. The number of rotatable bonds is 5. The van der Waals surface area contributed by atoms with E-state index >= 15 is 0 Å². The molecule has 1 N–H and O–H groups in total. The first-order valence-electron chi connectivity index (χ1n) is 9.32. The molecule has 4 rings (SSSR count). The van der Waals surface area contributed by atoms with Gasteiger partial charge in [0, 0.05) is 44.7 Å². The molecular weight excluding hydrogens is 573 g/mol. The van der Waals surface area contributed by atoms with Gasteiger partial charge in [-0.1, -0.05) is 0 Å². The van der Waals surface area contributed by atoms with E-state index < -0.39 is 28.0 Å². The van der Waals surface area contributed by atoms with Crippen molar-refractivity contribution in [1.29, 1.82) is 0 Å². The van der Waals surface area contributed by atoms with Crippen molar-refractivity contribution in [3.8, 4) is 0 Å². The first kappa shape index (κ1) is 23.0. The van der Waals surface area contributed by atoms with E-state index in [1.54, 1.807) is 7.05 Å². The molecule has 170 valence electrons. The van der Waals surface area contributed by atoms with E-state index in [1.165, 1.54) is 56.4 Å². The number of thiol groups is 1. The van der Waals surface area contributed by atoms with Crippen molar-refractivity contribution in [3.05, 3.63) is 38.1 Å². The van der Waals surface area contributed by atoms with Gasteiger partial charge < -0.3 is 10.0 Å². The smallest absolute Gasteiger partial charge is 0.313 e. The van der Waals surface area contributed by atoms with Gasteiger partial charge in [-0.3, -0.25) is 23.9 Å². The fourth-order valence-electron chi connectivity index (χ4n) is 3.87. The fraction of sp³-hybridized carbons (Fsp3) is 0.471. The van der Waals surface area contributed by atoms with Crippen molar-refractivity contribution < 1.29 is 19.5 Å². The molecular formula is C17H18IN7O5S2. The average molecular weight is 591 g/mol. The van der Waals surface area contributed by atoms with Crippen molar-refractivity contribution in [1.82, 2.24) is 29.8 Å². The molecule has 4 atom stereocenters. The van der Waals surface area contributed by atoms with E-state index in [1.807, 2.05) is 22.6 Å². The van der Waals surface area contributed by atoms with E-state index in [9.17, 15) is 24.3 Å². The molecule has 12 nitrogen and oxygen atoms in total. The number of β-lactam (4-membered cyclic amide) rings is 1. The van der Waals surface area contributed by atoms with Crippen molar-refractivity contribution in [3.63, 3.8) is 0 Å². The van der Waals surface area contributed by atoms with Gasteiger partial charge in [-0.2, -0.15) is 12.6 Å². The number of carbonyl (C=O) groups is 3. The highest BCUT2D eigenvalue weighted by atomic mass is 127. The summed E-state index contributed by atoms with van der Waals surface area (Å²) in [6.45, 7) is 1.24. The quantitative estimate of drug-likeness (QED) is 0.267. The maximum Gasteiger partial charge on any atom is 0.313 e. The third-order valence-electron chi connectivity index (χ3n) is 5.62. The molecule has 0 aliphatic carbocycles. The van der Waals surface area contributed by atoms with Crippen molar-refractivity contribution in [2.24, 2.45) is 12.5 Å². The number of amides is 2. The predicted octanol–water partition coefficient (Wildman–Crippen LogP) is -0.513. The maximum atomic E-state index is 13.1. The molecule has 3 unspecified atom stereocenters. The van der Waals surface area contributed by atoms with Gasteiger partial charge >= 0.3 is 5.97 Å². The Kier molecular flexibility index (Phi) is 6.00. The summed E-state index contributed by atoms with van der Waals surface area (Å²) in [5, 5.41) is 21.3. The van der Waals surface area contributed by atoms with E-state index in [4.69, 9.17) is 0 Å². The molecule has 4 heterocycles. The first-order valence-corrected chi connectivity index (χ1v) is 12.0. The van der Waals surface area contributed by atoms with Crippen LogP contribution in [0.15, 0.2) is 23.3 Å². The van der Waals surface area contributed by atoms with Gasteiger partial charge in [0.25, 0.3) is 5.91 Å². The second kappa shape index (κ2) is 8.33. The SMILES string of the molecule is CC(=O)N(C1C(=O)N2CC(C(=O)O)(C(S)c3nnnn3C)CS[C@H]12)n1ccc(=O)c(I)c1. The monoisotopic (exact) mass is 591 g/mol. The van der Waals surface area contributed by atoms with Gasteiger partial charge in [0.15, 0.2) is 17.3 Å². The van der Waals surface area contributed by atoms with Gasteiger partial charge in [-0.25, -0.2) is 9.69 Å². The summed E-state index contributed by atoms with van der Waals surface area (Å²) in [4.78, 5) is 51.1. The number of tetrazole rings is 1. The molecule has 2 amide bonds. The van der Waals surface area contributed by atoms with Crippen LogP contribution < -0.4 is 10.4 Å². The number of carbonyl (C=O) groups excluding carboxylic acids is 2. The molecule has 2 aromatic heterocycles. The summed E-state index contributed by atoms with van der Waals surface area (Å²) in [6, 6.07) is 0.500. The van der Waals surface area contributed by atoms with E-state index in [0.717, 1.165) is 0 Å². The molecule has 2 saturated heterocycles. The number of hydrogen-bond acceptors (Lipinski definition) is 9. The number of nitrogens with zero attached hydrogens (tertiary/aromatic N) is 7. The second-order valence-corrected chi connectivity index (χ2v) is 10.3. The number of aliphatic carboxylic acids is 1. The van der Waals surface area contributed by atoms with Crippen LogP contribution in [0.4, 0.5) is 0 Å². The molecule has 2 aliphatic heterocycles. The average Bonchev–Trinajstić information content (AvgIpc) is 3.18. The lowest BCUT2D eigenvalue weighted by Gasteiger charge is -2.56. The number of aryl methyl sites for hydroxylation is 1. The minimum Gasteiger partial charge on any atom is -0.481 e. The normalized spacial score (nSPS) is 25.6. The highest BCUT2D eigenvalue weighted by Crippen LogP contribution is 2.50. The molecule has 0 saturated carbocycles. The molecule has 0 bridgehead atoms. The Hall–Kier alpha value is -2.14. The summed E-state index contributed by atoms with van der Waals surface area (Å²) in [5.41, 5.74) is -1.61.